The standard InChI is InChI=1S/C15H21NOS/c17-15(11-18)16-10-12-6-8-14(9-7-12)13-4-2-1-3-5-13/h6-9,13,18H,1-5,10-11H2,(H,16,17). The second-order valence-corrected chi connectivity index (χ2v) is 5.33. The normalized spacial score (nSPS) is 16.5. The number of nitrogens with one attached hydrogen (secondary N) is 1. The minimum atomic E-state index is -0.0188. The summed E-state index contributed by atoms with van der Waals surface area (Å²) in [6, 6.07) is 8.70. The molecule has 2 rings (SSSR count). The van der Waals surface area contributed by atoms with E-state index in [0.717, 1.165) is 11.5 Å². The monoisotopic (exact) mass is 263 g/mol. The predicted octanol–water partition coefficient (Wildman–Crippen LogP) is 3.28. The van der Waals surface area contributed by atoms with Gasteiger partial charge in [-0.05, 0) is 29.9 Å². The average molecular weight is 263 g/mol. The summed E-state index contributed by atoms with van der Waals surface area (Å²) >= 11 is 3.94. The fraction of sp³-hybridized carbons (Fsp3) is 0.533. The first kappa shape index (κ1) is 13.5. The maximum Gasteiger partial charge on any atom is 0.229 e. The lowest BCUT2D eigenvalue weighted by Gasteiger charge is -2.22. The first-order chi connectivity index (χ1) is 8.79. The van der Waals surface area contributed by atoms with Crippen molar-refractivity contribution in [2.45, 2.75) is 44.6 Å². The lowest BCUT2D eigenvalue weighted by Crippen LogP contribution is -2.23. The van der Waals surface area contributed by atoms with E-state index in [4.69, 9.17) is 0 Å². The van der Waals surface area contributed by atoms with Crippen LogP contribution in [0.1, 0.15) is 49.1 Å². The van der Waals surface area contributed by atoms with Gasteiger partial charge in [0.2, 0.25) is 5.91 Å². The van der Waals surface area contributed by atoms with Crippen LogP contribution >= 0.6 is 12.6 Å². The third kappa shape index (κ3) is 3.77. The smallest absolute Gasteiger partial charge is 0.229 e. The molecule has 1 saturated carbocycles. The van der Waals surface area contributed by atoms with Crippen molar-refractivity contribution in [3.8, 4) is 0 Å². The Balaban J connectivity index is 1.90. The van der Waals surface area contributed by atoms with Crippen molar-refractivity contribution in [3.63, 3.8) is 0 Å². The van der Waals surface area contributed by atoms with E-state index in [-0.39, 0.29) is 11.7 Å². The molecule has 1 fully saturated rings. The third-order valence-corrected chi connectivity index (χ3v) is 3.98. The van der Waals surface area contributed by atoms with Gasteiger partial charge >= 0.3 is 0 Å². The Labute approximate surface area is 115 Å². The van der Waals surface area contributed by atoms with Gasteiger partial charge < -0.3 is 5.32 Å². The molecule has 1 aliphatic rings. The summed E-state index contributed by atoms with van der Waals surface area (Å²) in [7, 11) is 0. The van der Waals surface area contributed by atoms with Crippen LogP contribution in [-0.4, -0.2) is 11.7 Å². The molecule has 0 aliphatic heterocycles. The topological polar surface area (TPSA) is 29.1 Å². The molecule has 98 valence electrons. The van der Waals surface area contributed by atoms with Crippen LogP contribution in [0.5, 0.6) is 0 Å². The van der Waals surface area contributed by atoms with Crippen LogP contribution in [0.15, 0.2) is 24.3 Å². The van der Waals surface area contributed by atoms with Gasteiger partial charge in [-0.15, -0.1) is 0 Å². The zero-order valence-corrected chi connectivity index (χ0v) is 11.6. The van der Waals surface area contributed by atoms with Crippen LogP contribution in [0, 0.1) is 0 Å². The van der Waals surface area contributed by atoms with Gasteiger partial charge in [0.1, 0.15) is 0 Å². The summed E-state index contributed by atoms with van der Waals surface area (Å²) in [6.45, 7) is 0.602. The average Bonchev–Trinajstić information content (AvgIpc) is 2.46. The number of hydrogen-bond donors (Lipinski definition) is 2. The number of benzene rings is 1. The van der Waals surface area contributed by atoms with E-state index in [2.05, 4.69) is 42.2 Å². The highest BCUT2D eigenvalue weighted by Gasteiger charge is 2.14. The van der Waals surface area contributed by atoms with Gasteiger partial charge in [0.15, 0.2) is 0 Å². The summed E-state index contributed by atoms with van der Waals surface area (Å²) in [5, 5.41) is 2.83. The molecule has 0 aromatic heterocycles. The number of carbonyl (C=O) groups is 1. The Hall–Kier alpha value is -0.960. The van der Waals surface area contributed by atoms with Gasteiger partial charge in [-0.3, -0.25) is 4.79 Å². The van der Waals surface area contributed by atoms with Gasteiger partial charge in [0.25, 0.3) is 0 Å². The van der Waals surface area contributed by atoms with E-state index in [1.807, 2.05) is 0 Å². The molecule has 0 radical (unpaired) electrons. The SMILES string of the molecule is O=C(CS)NCc1ccc(C2CCCCC2)cc1. The summed E-state index contributed by atoms with van der Waals surface area (Å²) in [5.41, 5.74) is 2.61. The summed E-state index contributed by atoms with van der Waals surface area (Å²) < 4.78 is 0. The van der Waals surface area contributed by atoms with E-state index in [0.29, 0.717) is 6.54 Å². The Kier molecular flexibility index (Phi) is 5.12. The van der Waals surface area contributed by atoms with Crippen LogP contribution in [0.25, 0.3) is 0 Å². The van der Waals surface area contributed by atoms with Crippen molar-refractivity contribution in [1.29, 1.82) is 0 Å². The largest absolute Gasteiger partial charge is 0.351 e. The molecule has 1 aliphatic carbocycles. The lowest BCUT2D eigenvalue weighted by molar-refractivity contribution is -0.118. The second kappa shape index (κ2) is 6.83. The van der Waals surface area contributed by atoms with Gasteiger partial charge in [-0.2, -0.15) is 12.6 Å². The van der Waals surface area contributed by atoms with E-state index in [9.17, 15) is 4.79 Å². The first-order valence-corrected chi connectivity index (χ1v) is 7.39. The molecule has 1 N–H and O–H groups in total. The van der Waals surface area contributed by atoms with Gasteiger partial charge in [0.05, 0.1) is 5.75 Å². The zero-order chi connectivity index (χ0) is 12.8. The highest BCUT2D eigenvalue weighted by Crippen LogP contribution is 2.32. The van der Waals surface area contributed by atoms with Crippen molar-refractivity contribution in [2.24, 2.45) is 0 Å². The Morgan fingerprint density at radius 1 is 1.17 bits per heavy atom. The molecule has 0 spiro atoms. The van der Waals surface area contributed by atoms with Crippen LogP contribution in [0.3, 0.4) is 0 Å². The van der Waals surface area contributed by atoms with Crippen molar-refractivity contribution in [1.82, 2.24) is 5.32 Å². The molecule has 1 aromatic carbocycles. The number of amides is 1. The van der Waals surface area contributed by atoms with Crippen molar-refractivity contribution < 1.29 is 4.79 Å². The highest BCUT2D eigenvalue weighted by molar-refractivity contribution is 7.81. The third-order valence-electron chi connectivity index (χ3n) is 3.69. The number of rotatable bonds is 4. The summed E-state index contributed by atoms with van der Waals surface area (Å²) in [5.74, 6) is 0.981. The molecule has 18 heavy (non-hydrogen) atoms. The molecular weight excluding hydrogens is 242 g/mol. The van der Waals surface area contributed by atoms with E-state index >= 15 is 0 Å². The Morgan fingerprint density at radius 3 is 2.44 bits per heavy atom. The van der Waals surface area contributed by atoms with Gasteiger partial charge in [0, 0.05) is 6.54 Å². The van der Waals surface area contributed by atoms with E-state index in [1.54, 1.807) is 0 Å². The minimum Gasteiger partial charge on any atom is -0.351 e. The number of carbonyl (C=O) groups excluding carboxylic acids is 1. The Bertz CT molecular complexity index is 382. The second-order valence-electron chi connectivity index (χ2n) is 5.01. The quantitative estimate of drug-likeness (QED) is 0.802. The maximum absolute atomic E-state index is 11.1. The fourth-order valence-corrected chi connectivity index (χ4v) is 2.71. The molecule has 0 saturated heterocycles. The molecule has 1 aromatic rings. The molecule has 0 unspecified atom stereocenters. The predicted molar refractivity (Wildman–Crippen MR) is 78.0 cm³/mol. The number of hydrogen-bond acceptors (Lipinski definition) is 2. The maximum atomic E-state index is 11.1. The zero-order valence-electron chi connectivity index (χ0n) is 10.7. The lowest BCUT2D eigenvalue weighted by atomic mass is 9.84. The number of thiol groups is 1. The van der Waals surface area contributed by atoms with Crippen molar-refractivity contribution >= 4 is 18.5 Å². The molecule has 0 atom stereocenters. The molecule has 0 heterocycles. The van der Waals surface area contributed by atoms with Crippen molar-refractivity contribution in [3.05, 3.63) is 35.4 Å². The fourth-order valence-electron chi connectivity index (χ4n) is 2.60. The van der Waals surface area contributed by atoms with E-state index in [1.165, 1.54) is 37.7 Å². The van der Waals surface area contributed by atoms with Crippen LogP contribution in [0.2, 0.25) is 0 Å². The van der Waals surface area contributed by atoms with Crippen LogP contribution in [-0.2, 0) is 11.3 Å². The minimum absolute atomic E-state index is 0.0188. The summed E-state index contributed by atoms with van der Waals surface area (Å²) in [4.78, 5) is 11.1. The van der Waals surface area contributed by atoms with Crippen LogP contribution in [0.4, 0.5) is 0 Å². The van der Waals surface area contributed by atoms with Crippen molar-refractivity contribution in [2.75, 3.05) is 5.75 Å². The molecule has 0 bridgehead atoms. The molecule has 1 amide bonds. The summed E-state index contributed by atoms with van der Waals surface area (Å²) in [6.07, 6.45) is 6.78. The Morgan fingerprint density at radius 2 is 1.83 bits per heavy atom. The van der Waals surface area contributed by atoms with E-state index < -0.39 is 0 Å². The van der Waals surface area contributed by atoms with Gasteiger partial charge in [-0.1, -0.05) is 43.5 Å². The molecule has 3 heteroatoms. The molecule has 2 nitrogen and oxygen atoms in total. The highest BCUT2D eigenvalue weighted by atomic mass is 32.1. The first-order valence-electron chi connectivity index (χ1n) is 6.76. The molecular formula is C15H21NOS. The van der Waals surface area contributed by atoms with Crippen LogP contribution < -0.4 is 5.32 Å². The van der Waals surface area contributed by atoms with Gasteiger partial charge in [-0.25, -0.2) is 0 Å².